The number of carbonyl (C=O) groups is 2. The zero-order chi connectivity index (χ0) is 20.5. The number of ether oxygens (including phenoxy) is 3. The zero-order valence-electron chi connectivity index (χ0n) is 15.5. The highest BCUT2D eigenvalue weighted by Crippen LogP contribution is 2.26. The monoisotopic (exact) mass is 393 g/mol. The molecule has 0 unspecified atom stereocenters. The van der Waals surface area contributed by atoms with E-state index >= 15 is 0 Å². The summed E-state index contributed by atoms with van der Waals surface area (Å²) in [5.74, 6) is -2.70. The van der Waals surface area contributed by atoms with E-state index in [9.17, 15) is 18.4 Å². The van der Waals surface area contributed by atoms with E-state index in [-0.39, 0.29) is 5.69 Å². The summed E-state index contributed by atoms with van der Waals surface area (Å²) >= 11 is 0. The Hall–Kier alpha value is -3.16. The average molecular weight is 393 g/mol. The van der Waals surface area contributed by atoms with Gasteiger partial charge in [-0.1, -0.05) is 19.1 Å². The number of amides is 1. The fourth-order valence-electron chi connectivity index (χ4n) is 2.14. The molecule has 0 bridgehead atoms. The Kier molecular flexibility index (Phi) is 7.74. The molecule has 0 aliphatic carbocycles. The molecule has 2 aromatic rings. The fourth-order valence-corrected chi connectivity index (χ4v) is 2.14. The molecule has 150 valence electrons. The molecule has 2 rings (SSSR count). The van der Waals surface area contributed by atoms with E-state index in [1.807, 2.05) is 6.92 Å². The number of para-hydroxylation sites is 2. The average Bonchev–Trinajstić information content (AvgIpc) is 2.68. The molecule has 6 nitrogen and oxygen atoms in total. The Morgan fingerprint density at radius 3 is 2.36 bits per heavy atom. The van der Waals surface area contributed by atoms with Gasteiger partial charge in [0.1, 0.15) is 0 Å². The number of anilines is 1. The minimum absolute atomic E-state index is 0.0463. The molecule has 0 fully saturated rings. The van der Waals surface area contributed by atoms with Gasteiger partial charge in [-0.05, 0) is 37.6 Å². The van der Waals surface area contributed by atoms with Crippen molar-refractivity contribution in [2.45, 2.75) is 26.4 Å². The number of hydrogen-bond donors (Lipinski definition) is 1. The van der Waals surface area contributed by atoms with E-state index in [1.54, 1.807) is 24.3 Å². The van der Waals surface area contributed by atoms with Gasteiger partial charge in [-0.3, -0.25) is 4.79 Å². The molecular formula is C20H21F2NO5. The molecule has 0 saturated heterocycles. The van der Waals surface area contributed by atoms with Crippen LogP contribution in [-0.4, -0.2) is 31.2 Å². The molecule has 0 saturated carbocycles. The Labute approximate surface area is 161 Å². The van der Waals surface area contributed by atoms with Crippen LogP contribution >= 0.6 is 0 Å². The normalized spacial score (nSPS) is 11.4. The van der Waals surface area contributed by atoms with Gasteiger partial charge < -0.3 is 19.5 Å². The molecule has 0 radical (unpaired) electrons. The molecule has 1 atom stereocenters. The van der Waals surface area contributed by atoms with E-state index in [0.717, 1.165) is 18.6 Å². The third kappa shape index (κ3) is 6.22. The number of rotatable bonds is 9. The predicted octanol–water partition coefficient (Wildman–Crippen LogP) is 3.70. The highest BCUT2D eigenvalue weighted by molar-refractivity contribution is 5.95. The van der Waals surface area contributed by atoms with Crippen molar-refractivity contribution < 1.29 is 32.6 Å². The van der Waals surface area contributed by atoms with Crippen molar-refractivity contribution in [3.8, 4) is 11.5 Å². The van der Waals surface area contributed by atoms with Gasteiger partial charge in [-0.2, -0.15) is 0 Å². The molecule has 2 aromatic carbocycles. The number of esters is 1. The lowest BCUT2D eigenvalue weighted by Gasteiger charge is -2.15. The Morgan fingerprint density at radius 2 is 1.71 bits per heavy atom. The van der Waals surface area contributed by atoms with Gasteiger partial charge in [0.15, 0.2) is 35.8 Å². The summed E-state index contributed by atoms with van der Waals surface area (Å²) in [5, 5.41) is 2.34. The Balaban J connectivity index is 1.85. The van der Waals surface area contributed by atoms with Crippen LogP contribution in [0.15, 0.2) is 42.5 Å². The molecule has 0 aliphatic heterocycles. The first-order valence-electron chi connectivity index (χ1n) is 8.70. The first-order valence-corrected chi connectivity index (χ1v) is 8.70. The smallest absolute Gasteiger partial charge is 0.344 e. The van der Waals surface area contributed by atoms with Crippen molar-refractivity contribution in [1.82, 2.24) is 0 Å². The SMILES string of the molecule is CCCOc1ccccc1OCC(=O)O[C@H](C)C(=O)Nc1ccc(F)c(F)c1. The summed E-state index contributed by atoms with van der Waals surface area (Å²) in [6, 6.07) is 9.79. The Morgan fingerprint density at radius 1 is 1.04 bits per heavy atom. The topological polar surface area (TPSA) is 73.9 Å². The lowest BCUT2D eigenvalue weighted by Crippen LogP contribution is -2.31. The lowest BCUT2D eigenvalue weighted by molar-refractivity contribution is -0.155. The first-order chi connectivity index (χ1) is 13.4. The minimum atomic E-state index is -1.16. The maximum atomic E-state index is 13.2. The van der Waals surface area contributed by atoms with Gasteiger partial charge in [0, 0.05) is 11.8 Å². The largest absolute Gasteiger partial charge is 0.490 e. The molecular weight excluding hydrogens is 372 g/mol. The molecule has 1 amide bonds. The maximum Gasteiger partial charge on any atom is 0.344 e. The first kappa shape index (κ1) is 21.1. The maximum absolute atomic E-state index is 13.2. The number of halogens is 2. The van der Waals surface area contributed by atoms with Gasteiger partial charge in [-0.25, -0.2) is 13.6 Å². The van der Waals surface area contributed by atoms with E-state index in [2.05, 4.69) is 5.32 Å². The summed E-state index contributed by atoms with van der Waals surface area (Å²) in [5.41, 5.74) is 0.0463. The van der Waals surface area contributed by atoms with Crippen LogP contribution in [0.3, 0.4) is 0 Å². The van der Waals surface area contributed by atoms with Crippen molar-refractivity contribution >= 4 is 17.6 Å². The summed E-state index contributed by atoms with van der Waals surface area (Å²) in [6.45, 7) is 3.40. The van der Waals surface area contributed by atoms with Crippen molar-refractivity contribution in [3.63, 3.8) is 0 Å². The van der Waals surface area contributed by atoms with Gasteiger partial charge in [0.25, 0.3) is 5.91 Å². The summed E-state index contributed by atoms with van der Waals surface area (Å²) in [4.78, 5) is 24.0. The minimum Gasteiger partial charge on any atom is -0.490 e. The van der Waals surface area contributed by atoms with Crippen molar-refractivity contribution in [2.24, 2.45) is 0 Å². The van der Waals surface area contributed by atoms with Crippen molar-refractivity contribution in [3.05, 3.63) is 54.1 Å². The Bertz CT molecular complexity index is 828. The highest BCUT2D eigenvalue weighted by Gasteiger charge is 2.19. The van der Waals surface area contributed by atoms with Gasteiger partial charge in [0.2, 0.25) is 0 Å². The van der Waals surface area contributed by atoms with Crippen molar-refractivity contribution in [2.75, 3.05) is 18.5 Å². The van der Waals surface area contributed by atoms with E-state index < -0.39 is 36.2 Å². The molecule has 0 spiro atoms. The van der Waals surface area contributed by atoms with Gasteiger partial charge in [-0.15, -0.1) is 0 Å². The number of hydrogen-bond acceptors (Lipinski definition) is 5. The van der Waals surface area contributed by atoms with Crippen LogP contribution < -0.4 is 14.8 Å². The molecule has 28 heavy (non-hydrogen) atoms. The third-order valence-corrected chi connectivity index (χ3v) is 3.52. The quantitative estimate of drug-likeness (QED) is 0.658. The summed E-state index contributed by atoms with van der Waals surface area (Å²) in [6.07, 6.45) is -0.336. The second-order valence-electron chi connectivity index (χ2n) is 5.83. The van der Waals surface area contributed by atoms with Crippen LogP contribution in [0.25, 0.3) is 0 Å². The molecule has 8 heteroatoms. The summed E-state index contributed by atoms with van der Waals surface area (Å²) < 4.78 is 42.0. The predicted molar refractivity (Wildman–Crippen MR) is 98.3 cm³/mol. The van der Waals surface area contributed by atoms with E-state index in [0.29, 0.717) is 18.1 Å². The molecule has 0 heterocycles. The highest BCUT2D eigenvalue weighted by atomic mass is 19.2. The number of benzene rings is 2. The molecule has 0 aliphatic rings. The zero-order valence-corrected chi connectivity index (χ0v) is 15.5. The van der Waals surface area contributed by atoms with Gasteiger partial charge in [0.05, 0.1) is 6.61 Å². The van der Waals surface area contributed by atoms with Crippen LogP contribution in [0.4, 0.5) is 14.5 Å². The standard InChI is InChI=1S/C20H21F2NO5/c1-3-10-26-17-6-4-5-7-18(17)27-12-19(24)28-13(2)20(25)23-14-8-9-15(21)16(22)11-14/h4-9,11,13H,3,10,12H2,1-2H3,(H,23,25)/t13-/m1/s1. The van der Waals surface area contributed by atoms with Crippen LogP contribution in [0.1, 0.15) is 20.3 Å². The molecule has 0 aromatic heterocycles. The number of nitrogens with one attached hydrogen (secondary N) is 1. The van der Waals surface area contributed by atoms with Crippen molar-refractivity contribution in [1.29, 1.82) is 0 Å². The summed E-state index contributed by atoms with van der Waals surface area (Å²) in [7, 11) is 0. The van der Waals surface area contributed by atoms with E-state index in [1.165, 1.54) is 13.0 Å². The lowest BCUT2D eigenvalue weighted by atomic mass is 10.3. The van der Waals surface area contributed by atoms with Crippen LogP contribution in [-0.2, 0) is 14.3 Å². The molecule has 1 N–H and O–H groups in total. The van der Waals surface area contributed by atoms with Crippen LogP contribution in [0.5, 0.6) is 11.5 Å². The third-order valence-electron chi connectivity index (χ3n) is 3.52. The van der Waals surface area contributed by atoms with Crippen LogP contribution in [0, 0.1) is 11.6 Å². The second-order valence-corrected chi connectivity index (χ2v) is 5.83. The van der Waals surface area contributed by atoms with Gasteiger partial charge >= 0.3 is 5.97 Å². The van der Waals surface area contributed by atoms with Crippen LogP contribution in [0.2, 0.25) is 0 Å². The van der Waals surface area contributed by atoms with E-state index in [4.69, 9.17) is 14.2 Å². The number of carbonyl (C=O) groups excluding carboxylic acids is 2. The second kappa shape index (κ2) is 10.2. The fraction of sp³-hybridized carbons (Fsp3) is 0.300.